The average Bonchev–Trinajstić information content (AvgIpc) is 2.61. The van der Waals surface area contributed by atoms with Gasteiger partial charge in [0.15, 0.2) is 0 Å². The predicted molar refractivity (Wildman–Crippen MR) is 100 cm³/mol. The second-order valence-corrected chi connectivity index (χ2v) is 6.90. The highest BCUT2D eigenvalue weighted by atomic mass is 35.5. The van der Waals surface area contributed by atoms with E-state index < -0.39 is 0 Å². The fourth-order valence-corrected chi connectivity index (χ4v) is 3.97. The van der Waals surface area contributed by atoms with Crippen molar-refractivity contribution < 1.29 is 0 Å². The maximum atomic E-state index is 6.31. The minimum Gasteiger partial charge on any atom is -0.342 e. The Balaban J connectivity index is 1.86. The molecule has 2 heterocycles. The van der Waals surface area contributed by atoms with Crippen LogP contribution in [0.15, 0.2) is 53.5 Å². The van der Waals surface area contributed by atoms with E-state index in [2.05, 4.69) is 59.2 Å². The van der Waals surface area contributed by atoms with Crippen LogP contribution in [0, 0.1) is 0 Å². The van der Waals surface area contributed by atoms with Gasteiger partial charge < -0.3 is 9.80 Å². The molecular weight excluding hydrogens is 318 g/mol. The number of hydrogen-bond acceptors (Lipinski definition) is 3. The van der Waals surface area contributed by atoms with Gasteiger partial charge in [-0.15, -0.1) is 0 Å². The van der Waals surface area contributed by atoms with Gasteiger partial charge in [-0.25, -0.2) is 4.99 Å². The number of hydrogen-bond donors (Lipinski definition) is 0. The summed E-state index contributed by atoms with van der Waals surface area (Å²) < 4.78 is 0. The molecule has 1 atom stereocenters. The SMILES string of the molecule is CCCN1CCCN2C1=Nc1ccc(Cl)cc1C2c1ccccc1. The summed E-state index contributed by atoms with van der Waals surface area (Å²) in [5.74, 6) is 1.12. The van der Waals surface area contributed by atoms with E-state index in [1.165, 1.54) is 11.1 Å². The number of fused-ring (bicyclic) bond motifs is 2. The molecule has 2 aromatic rings. The molecule has 1 unspecified atom stereocenters. The molecule has 0 aromatic heterocycles. The summed E-state index contributed by atoms with van der Waals surface area (Å²) in [5, 5.41) is 0.774. The lowest BCUT2D eigenvalue weighted by Crippen LogP contribution is -2.53. The van der Waals surface area contributed by atoms with Crippen molar-refractivity contribution in [3.63, 3.8) is 0 Å². The van der Waals surface area contributed by atoms with E-state index in [0.29, 0.717) is 0 Å². The summed E-state index contributed by atoms with van der Waals surface area (Å²) in [4.78, 5) is 9.87. The quantitative estimate of drug-likeness (QED) is 0.796. The van der Waals surface area contributed by atoms with Crippen LogP contribution < -0.4 is 0 Å². The van der Waals surface area contributed by atoms with Crippen LogP contribution in [-0.2, 0) is 0 Å². The molecule has 2 aliphatic heterocycles. The number of guanidine groups is 1. The van der Waals surface area contributed by atoms with Gasteiger partial charge in [-0.3, -0.25) is 0 Å². The van der Waals surface area contributed by atoms with Crippen molar-refractivity contribution in [2.24, 2.45) is 4.99 Å². The largest absolute Gasteiger partial charge is 0.342 e. The molecular formula is C20H22ClN3. The Labute approximate surface area is 148 Å². The molecule has 4 heteroatoms. The van der Waals surface area contributed by atoms with Crippen LogP contribution >= 0.6 is 11.6 Å². The molecule has 0 bridgehead atoms. The first kappa shape index (κ1) is 15.5. The molecule has 0 aliphatic carbocycles. The third kappa shape index (κ3) is 2.67. The fourth-order valence-electron chi connectivity index (χ4n) is 3.79. The maximum absolute atomic E-state index is 6.31. The van der Waals surface area contributed by atoms with E-state index in [0.717, 1.165) is 49.1 Å². The Hall–Kier alpha value is -2.00. The van der Waals surface area contributed by atoms with E-state index in [1.807, 2.05) is 6.07 Å². The van der Waals surface area contributed by atoms with Gasteiger partial charge in [0.25, 0.3) is 0 Å². The van der Waals surface area contributed by atoms with Gasteiger partial charge in [0.1, 0.15) is 0 Å². The monoisotopic (exact) mass is 339 g/mol. The lowest BCUT2D eigenvalue weighted by atomic mass is 9.93. The molecule has 2 aromatic carbocycles. The second-order valence-electron chi connectivity index (χ2n) is 6.46. The molecule has 0 amide bonds. The van der Waals surface area contributed by atoms with Gasteiger partial charge in [0, 0.05) is 30.2 Å². The predicted octanol–water partition coefficient (Wildman–Crippen LogP) is 4.85. The first-order valence-electron chi connectivity index (χ1n) is 8.72. The lowest BCUT2D eigenvalue weighted by Gasteiger charge is -2.46. The third-order valence-electron chi connectivity index (χ3n) is 4.79. The first-order chi connectivity index (χ1) is 11.8. The van der Waals surface area contributed by atoms with Crippen LogP contribution in [0.1, 0.15) is 36.9 Å². The number of nitrogens with zero attached hydrogens (tertiary/aromatic N) is 3. The average molecular weight is 340 g/mol. The molecule has 0 radical (unpaired) electrons. The van der Waals surface area contributed by atoms with Gasteiger partial charge in [-0.05, 0) is 36.6 Å². The number of halogens is 1. The molecule has 24 heavy (non-hydrogen) atoms. The van der Waals surface area contributed by atoms with E-state index in [1.54, 1.807) is 0 Å². The van der Waals surface area contributed by atoms with Crippen LogP contribution in [-0.4, -0.2) is 35.4 Å². The molecule has 124 valence electrons. The Bertz CT molecular complexity index is 755. The molecule has 2 aliphatic rings. The van der Waals surface area contributed by atoms with Crippen LogP contribution in [0.5, 0.6) is 0 Å². The molecule has 0 N–H and O–H groups in total. The highest BCUT2D eigenvalue weighted by Crippen LogP contribution is 2.41. The zero-order valence-electron chi connectivity index (χ0n) is 14.0. The van der Waals surface area contributed by atoms with Gasteiger partial charge in [-0.1, -0.05) is 48.9 Å². The number of benzene rings is 2. The zero-order valence-corrected chi connectivity index (χ0v) is 14.7. The molecule has 0 saturated carbocycles. The van der Waals surface area contributed by atoms with E-state index in [9.17, 15) is 0 Å². The summed E-state index contributed by atoms with van der Waals surface area (Å²) >= 11 is 6.31. The van der Waals surface area contributed by atoms with Crippen molar-refractivity contribution >= 4 is 23.2 Å². The van der Waals surface area contributed by atoms with E-state index >= 15 is 0 Å². The zero-order chi connectivity index (χ0) is 16.5. The molecule has 4 rings (SSSR count). The smallest absolute Gasteiger partial charge is 0.202 e. The minimum atomic E-state index is 0.187. The van der Waals surface area contributed by atoms with Crippen LogP contribution in [0.3, 0.4) is 0 Å². The third-order valence-corrected chi connectivity index (χ3v) is 5.03. The maximum Gasteiger partial charge on any atom is 0.202 e. The standard InChI is InChI=1S/C20H22ClN3/c1-2-11-23-12-6-13-24-19(15-7-4-3-5-8-15)17-14-16(21)9-10-18(17)22-20(23)24/h3-5,7-10,14,19H,2,6,11-13H2,1H3. The van der Waals surface area contributed by atoms with Gasteiger partial charge in [0.2, 0.25) is 5.96 Å². The number of rotatable bonds is 3. The van der Waals surface area contributed by atoms with Crippen molar-refractivity contribution in [2.45, 2.75) is 25.8 Å². The molecule has 3 nitrogen and oxygen atoms in total. The highest BCUT2D eigenvalue weighted by molar-refractivity contribution is 6.30. The normalized spacial score (nSPS) is 19.6. The van der Waals surface area contributed by atoms with Crippen molar-refractivity contribution in [3.05, 3.63) is 64.7 Å². The second kappa shape index (κ2) is 6.48. The van der Waals surface area contributed by atoms with Crippen molar-refractivity contribution in [1.29, 1.82) is 0 Å². The first-order valence-corrected chi connectivity index (χ1v) is 9.10. The Morgan fingerprint density at radius 2 is 1.96 bits per heavy atom. The van der Waals surface area contributed by atoms with Crippen molar-refractivity contribution in [2.75, 3.05) is 19.6 Å². The summed E-state index contributed by atoms with van der Waals surface area (Å²) in [6.45, 7) is 5.41. The Kier molecular flexibility index (Phi) is 4.19. The summed E-state index contributed by atoms with van der Waals surface area (Å²) in [6.07, 6.45) is 2.30. The topological polar surface area (TPSA) is 18.8 Å². The van der Waals surface area contributed by atoms with E-state index in [-0.39, 0.29) is 6.04 Å². The summed E-state index contributed by atoms with van der Waals surface area (Å²) in [6, 6.07) is 17.0. The van der Waals surface area contributed by atoms with Crippen LogP contribution in [0.2, 0.25) is 5.02 Å². The Morgan fingerprint density at radius 1 is 1.12 bits per heavy atom. The lowest BCUT2D eigenvalue weighted by molar-refractivity contribution is 0.225. The molecule has 1 fully saturated rings. The Morgan fingerprint density at radius 3 is 2.75 bits per heavy atom. The van der Waals surface area contributed by atoms with Crippen molar-refractivity contribution in [1.82, 2.24) is 9.80 Å². The highest BCUT2D eigenvalue weighted by Gasteiger charge is 2.35. The number of aliphatic imine (C=N–C) groups is 1. The summed E-state index contributed by atoms with van der Waals surface area (Å²) in [5.41, 5.74) is 3.55. The molecule has 1 saturated heterocycles. The van der Waals surface area contributed by atoms with E-state index in [4.69, 9.17) is 16.6 Å². The van der Waals surface area contributed by atoms with Gasteiger partial charge >= 0.3 is 0 Å². The van der Waals surface area contributed by atoms with Crippen LogP contribution in [0.25, 0.3) is 0 Å². The van der Waals surface area contributed by atoms with Gasteiger partial charge in [-0.2, -0.15) is 0 Å². The van der Waals surface area contributed by atoms with Crippen LogP contribution in [0.4, 0.5) is 5.69 Å². The summed E-state index contributed by atoms with van der Waals surface area (Å²) in [7, 11) is 0. The van der Waals surface area contributed by atoms with Gasteiger partial charge in [0.05, 0.1) is 11.7 Å². The van der Waals surface area contributed by atoms with Crippen molar-refractivity contribution in [3.8, 4) is 0 Å². The fraction of sp³-hybridized carbons (Fsp3) is 0.350. The minimum absolute atomic E-state index is 0.187. The molecule has 0 spiro atoms.